The molecule has 2 bridgehead atoms. The standard InChI is InChI=1S/C10H12BrN3O2/c11-9-4-8(16-13-9)10(15)14-5-6-3-7(14)1-2-12-6/h4,6-7,12H,1-3,5H2. The topological polar surface area (TPSA) is 58.4 Å². The predicted octanol–water partition coefficient (Wildman–Crippen LogP) is 1.01. The summed E-state index contributed by atoms with van der Waals surface area (Å²) in [7, 11) is 0. The summed E-state index contributed by atoms with van der Waals surface area (Å²) in [5.74, 6) is 0.272. The minimum atomic E-state index is -0.0469. The van der Waals surface area contributed by atoms with Crippen molar-refractivity contribution in [3.63, 3.8) is 0 Å². The van der Waals surface area contributed by atoms with Gasteiger partial charge in [0.1, 0.15) is 4.60 Å². The van der Waals surface area contributed by atoms with Crippen molar-refractivity contribution in [2.75, 3.05) is 13.1 Å². The second-order valence-electron chi connectivity index (χ2n) is 4.30. The lowest BCUT2D eigenvalue weighted by Gasteiger charge is -2.23. The molecule has 2 unspecified atom stereocenters. The van der Waals surface area contributed by atoms with Crippen molar-refractivity contribution in [2.45, 2.75) is 24.9 Å². The summed E-state index contributed by atoms with van der Waals surface area (Å²) in [6.07, 6.45) is 2.08. The van der Waals surface area contributed by atoms with E-state index in [1.807, 2.05) is 4.90 Å². The lowest BCUT2D eigenvalue weighted by atomic mass is 10.1. The van der Waals surface area contributed by atoms with Crippen molar-refractivity contribution < 1.29 is 9.32 Å². The van der Waals surface area contributed by atoms with Gasteiger partial charge in [0.2, 0.25) is 5.76 Å². The van der Waals surface area contributed by atoms with E-state index in [1.165, 1.54) is 0 Å². The largest absolute Gasteiger partial charge is 0.350 e. The molecule has 16 heavy (non-hydrogen) atoms. The maximum atomic E-state index is 12.1. The Labute approximate surface area is 101 Å². The van der Waals surface area contributed by atoms with Crippen LogP contribution in [0.5, 0.6) is 0 Å². The number of carbonyl (C=O) groups is 1. The van der Waals surface area contributed by atoms with Crippen molar-refractivity contribution in [3.05, 3.63) is 16.4 Å². The quantitative estimate of drug-likeness (QED) is 0.837. The van der Waals surface area contributed by atoms with Gasteiger partial charge in [0.25, 0.3) is 5.91 Å². The van der Waals surface area contributed by atoms with Gasteiger partial charge in [-0.05, 0) is 35.3 Å². The lowest BCUT2D eigenvalue weighted by Crippen LogP contribution is -2.36. The molecule has 6 heteroatoms. The van der Waals surface area contributed by atoms with E-state index in [1.54, 1.807) is 6.07 Å². The summed E-state index contributed by atoms with van der Waals surface area (Å²) < 4.78 is 5.54. The Morgan fingerprint density at radius 1 is 1.69 bits per heavy atom. The van der Waals surface area contributed by atoms with E-state index in [0.717, 1.165) is 25.9 Å². The number of halogens is 1. The highest BCUT2D eigenvalue weighted by atomic mass is 79.9. The van der Waals surface area contributed by atoms with Crippen LogP contribution in [0, 0.1) is 0 Å². The molecule has 0 saturated carbocycles. The molecule has 86 valence electrons. The fourth-order valence-corrected chi connectivity index (χ4v) is 2.82. The van der Waals surface area contributed by atoms with Crippen molar-refractivity contribution in [1.82, 2.24) is 15.4 Å². The molecule has 1 aromatic rings. The van der Waals surface area contributed by atoms with E-state index in [0.29, 0.717) is 22.4 Å². The number of amides is 1. The van der Waals surface area contributed by atoms with Crippen LogP contribution in [0.1, 0.15) is 23.4 Å². The molecule has 3 rings (SSSR count). The predicted molar refractivity (Wildman–Crippen MR) is 60.1 cm³/mol. The minimum Gasteiger partial charge on any atom is -0.350 e. The number of rotatable bonds is 1. The van der Waals surface area contributed by atoms with Gasteiger partial charge in [-0.25, -0.2) is 0 Å². The van der Waals surface area contributed by atoms with Gasteiger partial charge in [-0.1, -0.05) is 5.16 Å². The summed E-state index contributed by atoms with van der Waals surface area (Å²) in [4.78, 5) is 14.0. The van der Waals surface area contributed by atoms with Gasteiger partial charge in [0.05, 0.1) is 0 Å². The van der Waals surface area contributed by atoms with Crippen molar-refractivity contribution in [2.24, 2.45) is 0 Å². The lowest BCUT2D eigenvalue weighted by molar-refractivity contribution is 0.0693. The number of aromatic nitrogens is 1. The summed E-state index contributed by atoms with van der Waals surface area (Å²) in [6.45, 7) is 1.78. The molecule has 3 heterocycles. The number of fused-ring (bicyclic) bond motifs is 2. The SMILES string of the molecule is O=C(c1cc(Br)no1)N1CC2CC1CCN2. The van der Waals surface area contributed by atoms with Gasteiger partial charge in [-0.2, -0.15) is 0 Å². The Hall–Kier alpha value is -0.880. The van der Waals surface area contributed by atoms with Crippen LogP contribution >= 0.6 is 15.9 Å². The van der Waals surface area contributed by atoms with Gasteiger partial charge < -0.3 is 14.7 Å². The van der Waals surface area contributed by atoms with Gasteiger partial charge in [-0.15, -0.1) is 0 Å². The molecular formula is C10H12BrN3O2. The second kappa shape index (κ2) is 3.85. The van der Waals surface area contributed by atoms with Crippen LogP contribution in [0.3, 0.4) is 0 Å². The van der Waals surface area contributed by atoms with E-state index in [4.69, 9.17) is 4.52 Å². The Bertz CT molecular complexity index is 420. The molecule has 0 aliphatic carbocycles. The van der Waals surface area contributed by atoms with E-state index in [-0.39, 0.29) is 5.91 Å². The zero-order chi connectivity index (χ0) is 11.1. The van der Waals surface area contributed by atoms with Crippen LogP contribution < -0.4 is 5.32 Å². The molecule has 2 saturated heterocycles. The highest BCUT2D eigenvalue weighted by Gasteiger charge is 2.38. The first-order chi connectivity index (χ1) is 7.74. The summed E-state index contributed by atoms with van der Waals surface area (Å²) >= 11 is 3.18. The van der Waals surface area contributed by atoms with Gasteiger partial charge in [0, 0.05) is 24.7 Å². The summed E-state index contributed by atoms with van der Waals surface area (Å²) in [5.41, 5.74) is 0. The molecule has 2 fully saturated rings. The number of hydrogen-bond donors (Lipinski definition) is 1. The van der Waals surface area contributed by atoms with Gasteiger partial charge in [0.15, 0.2) is 0 Å². The molecular weight excluding hydrogens is 274 g/mol. The fraction of sp³-hybridized carbons (Fsp3) is 0.600. The molecule has 0 radical (unpaired) electrons. The average Bonchev–Trinajstić information content (AvgIpc) is 2.83. The smallest absolute Gasteiger partial charge is 0.292 e. The molecule has 1 aromatic heterocycles. The molecule has 0 spiro atoms. The number of likely N-dealkylation sites (tertiary alicyclic amines) is 1. The monoisotopic (exact) mass is 285 g/mol. The first kappa shape index (κ1) is 10.3. The van der Waals surface area contributed by atoms with Crippen LogP contribution in [0.15, 0.2) is 15.2 Å². The zero-order valence-corrected chi connectivity index (χ0v) is 10.2. The Morgan fingerprint density at radius 3 is 3.25 bits per heavy atom. The van der Waals surface area contributed by atoms with Crippen LogP contribution in [0.25, 0.3) is 0 Å². The molecule has 5 nitrogen and oxygen atoms in total. The van der Waals surface area contributed by atoms with Gasteiger partial charge >= 0.3 is 0 Å². The molecule has 2 atom stereocenters. The third-order valence-corrected chi connectivity index (χ3v) is 3.65. The minimum absolute atomic E-state index is 0.0469. The second-order valence-corrected chi connectivity index (χ2v) is 5.11. The first-order valence-electron chi connectivity index (χ1n) is 5.40. The van der Waals surface area contributed by atoms with Crippen molar-refractivity contribution >= 4 is 21.8 Å². The number of nitrogens with one attached hydrogen (secondary N) is 1. The molecule has 1 amide bonds. The normalized spacial score (nSPS) is 28.4. The zero-order valence-electron chi connectivity index (χ0n) is 8.65. The van der Waals surface area contributed by atoms with Crippen LogP contribution in [0.2, 0.25) is 0 Å². The number of hydrogen-bond acceptors (Lipinski definition) is 4. The Balaban J connectivity index is 1.80. The maximum absolute atomic E-state index is 12.1. The molecule has 2 aliphatic heterocycles. The number of nitrogens with zero attached hydrogens (tertiary/aromatic N) is 2. The van der Waals surface area contributed by atoms with E-state index >= 15 is 0 Å². The fourth-order valence-electron chi connectivity index (χ4n) is 2.54. The van der Waals surface area contributed by atoms with E-state index < -0.39 is 0 Å². The van der Waals surface area contributed by atoms with Crippen LogP contribution in [0.4, 0.5) is 0 Å². The first-order valence-corrected chi connectivity index (χ1v) is 6.20. The average molecular weight is 286 g/mol. The number of carbonyl (C=O) groups excluding carboxylic acids is 1. The van der Waals surface area contributed by atoms with Crippen LogP contribution in [-0.4, -0.2) is 41.1 Å². The Morgan fingerprint density at radius 2 is 2.56 bits per heavy atom. The highest BCUT2D eigenvalue weighted by Crippen LogP contribution is 2.26. The molecule has 0 aromatic carbocycles. The number of piperidine rings is 1. The maximum Gasteiger partial charge on any atom is 0.292 e. The molecule has 2 aliphatic rings. The summed E-state index contributed by atoms with van der Waals surface area (Å²) in [6, 6.07) is 2.44. The highest BCUT2D eigenvalue weighted by molar-refractivity contribution is 9.10. The summed E-state index contributed by atoms with van der Waals surface area (Å²) in [5, 5.41) is 7.08. The molecule has 1 N–H and O–H groups in total. The van der Waals surface area contributed by atoms with Gasteiger partial charge in [-0.3, -0.25) is 4.79 Å². The van der Waals surface area contributed by atoms with E-state index in [2.05, 4.69) is 26.4 Å². The third kappa shape index (κ3) is 1.66. The van der Waals surface area contributed by atoms with E-state index in [9.17, 15) is 4.79 Å². The van der Waals surface area contributed by atoms with Crippen molar-refractivity contribution in [1.29, 1.82) is 0 Å². The van der Waals surface area contributed by atoms with Crippen molar-refractivity contribution in [3.8, 4) is 0 Å². The van der Waals surface area contributed by atoms with Crippen LogP contribution in [-0.2, 0) is 0 Å². The Kier molecular flexibility index (Phi) is 2.48. The third-order valence-electron chi connectivity index (χ3n) is 3.28.